The molecule has 1 unspecified atom stereocenters. The van der Waals surface area contributed by atoms with Gasteiger partial charge >= 0.3 is 0 Å². The minimum atomic E-state index is 0.780. The summed E-state index contributed by atoms with van der Waals surface area (Å²) in [7, 11) is 1.76. The quantitative estimate of drug-likeness (QED) is 0.610. The molecule has 2 aliphatic carbocycles. The van der Waals surface area contributed by atoms with Crippen LogP contribution in [0.1, 0.15) is 19.3 Å². The number of nitrogens with one attached hydrogen (secondary N) is 1. The van der Waals surface area contributed by atoms with E-state index in [0.29, 0.717) is 0 Å². The third kappa shape index (κ3) is 3.70. The SMILES string of the molecule is COc1ccccc1N1CCN(CCCNC2C[C@@H]3C=CC[C@H]23)CC1. The minimum Gasteiger partial charge on any atom is -0.495 e. The van der Waals surface area contributed by atoms with Crippen LogP contribution in [-0.2, 0) is 0 Å². The number of nitrogens with zero attached hydrogens (tertiary/aromatic N) is 2. The molecule has 1 N–H and O–H groups in total. The molecule has 25 heavy (non-hydrogen) atoms. The van der Waals surface area contributed by atoms with Gasteiger partial charge in [0.2, 0.25) is 0 Å². The molecule has 3 aliphatic rings. The summed E-state index contributed by atoms with van der Waals surface area (Å²) in [6.45, 7) is 6.86. The monoisotopic (exact) mass is 341 g/mol. The molecule has 0 radical (unpaired) electrons. The summed E-state index contributed by atoms with van der Waals surface area (Å²) in [6.07, 6.45) is 8.71. The molecule has 4 nitrogen and oxygen atoms in total. The van der Waals surface area contributed by atoms with Crippen molar-refractivity contribution >= 4 is 5.69 Å². The fourth-order valence-electron chi connectivity index (χ4n) is 4.64. The Hall–Kier alpha value is -1.52. The van der Waals surface area contributed by atoms with Crippen LogP contribution in [0.5, 0.6) is 5.75 Å². The van der Waals surface area contributed by atoms with Gasteiger partial charge < -0.3 is 15.0 Å². The molecule has 1 saturated heterocycles. The van der Waals surface area contributed by atoms with Gasteiger partial charge in [0.05, 0.1) is 12.8 Å². The summed E-state index contributed by atoms with van der Waals surface area (Å²) in [4.78, 5) is 5.06. The van der Waals surface area contributed by atoms with Crippen LogP contribution >= 0.6 is 0 Å². The standard InChI is InChI=1S/C21H31N3O/c1-25-21-9-3-2-8-20(21)24-14-12-23(13-15-24)11-5-10-22-19-16-17-6-4-7-18(17)19/h2-4,6,8-9,17-19,22H,5,7,10-16H2,1H3/t17-,18-,19?/m0/s1. The number of ether oxygens (including phenoxy) is 1. The number of anilines is 1. The van der Waals surface area contributed by atoms with E-state index in [-0.39, 0.29) is 0 Å². The van der Waals surface area contributed by atoms with Crippen LogP contribution < -0.4 is 15.0 Å². The highest BCUT2D eigenvalue weighted by molar-refractivity contribution is 5.58. The summed E-state index contributed by atoms with van der Waals surface area (Å²) in [5, 5.41) is 3.79. The Kier molecular flexibility index (Phi) is 5.28. The second-order valence-electron chi connectivity index (χ2n) is 7.64. The van der Waals surface area contributed by atoms with Gasteiger partial charge in [-0.15, -0.1) is 0 Å². The lowest BCUT2D eigenvalue weighted by Gasteiger charge is -2.41. The third-order valence-corrected chi connectivity index (χ3v) is 6.24. The largest absolute Gasteiger partial charge is 0.495 e. The lowest BCUT2D eigenvalue weighted by Crippen LogP contribution is -2.49. The number of allylic oxidation sites excluding steroid dienone is 2. The number of methoxy groups -OCH3 is 1. The molecule has 4 heteroatoms. The summed E-state index contributed by atoms with van der Waals surface area (Å²) >= 11 is 0. The van der Waals surface area contributed by atoms with Crippen LogP contribution in [0, 0.1) is 11.8 Å². The highest BCUT2D eigenvalue weighted by atomic mass is 16.5. The fourth-order valence-corrected chi connectivity index (χ4v) is 4.64. The first kappa shape index (κ1) is 16.9. The Morgan fingerprint density at radius 3 is 2.80 bits per heavy atom. The number of fused-ring (bicyclic) bond motifs is 1. The lowest BCUT2D eigenvalue weighted by atomic mass is 9.71. The van der Waals surface area contributed by atoms with E-state index in [9.17, 15) is 0 Å². The van der Waals surface area contributed by atoms with Gasteiger partial charge in [-0.1, -0.05) is 24.3 Å². The van der Waals surface area contributed by atoms with Gasteiger partial charge in [0.15, 0.2) is 0 Å². The van der Waals surface area contributed by atoms with E-state index in [1.54, 1.807) is 7.11 Å². The van der Waals surface area contributed by atoms with E-state index in [1.165, 1.54) is 38.0 Å². The summed E-state index contributed by atoms with van der Waals surface area (Å²) in [5.41, 5.74) is 1.23. The van der Waals surface area contributed by atoms with Gasteiger partial charge in [-0.3, -0.25) is 4.90 Å². The zero-order chi connectivity index (χ0) is 17.1. The average Bonchev–Trinajstić information content (AvgIpc) is 3.03. The molecule has 1 saturated carbocycles. The van der Waals surface area contributed by atoms with E-state index in [1.807, 2.05) is 6.07 Å². The van der Waals surface area contributed by atoms with Crippen molar-refractivity contribution in [3.8, 4) is 5.75 Å². The zero-order valence-corrected chi connectivity index (χ0v) is 15.4. The molecule has 0 amide bonds. The average molecular weight is 341 g/mol. The maximum absolute atomic E-state index is 5.51. The highest BCUT2D eigenvalue weighted by Gasteiger charge is 2.40. The van der Waals surface area contributed by atoms with Gasteiger partial charge in [-0.25, -0.2) is 0 Å². The van der Waals surface area contributed by atoms with Crippen molar-refractivity contribution in [3.05, 3.63) is 36.4 Å². The Morgan fingerprint density at radius 1 is 1.16 bits per heavy atom. The Balaban J connectivity index is 1.14. The van der Waals surface area contributed by atoms with Crippen LogP contribution in [0.4, 0.5) is 5.69 Å². The second-order valence-corrected chi connectivity index (χ2v) is 7.64. The number of rotatable bonds is 7. The van der Waals surface area contributed by atoms with E-state index < -0.39 is 0 Å². The van der Waals surface area contributed by atoms with Crippen molar-refractivity contribution in [1.29, 1.82) is 0 Å². The smallest absolute Gasteiger partial charge is 0.142 e. The number of hydrogen-bond acceptors (Lipinski definition) is 4. The van der Waals surface area contributed by atoms with Gasteiger partial charge in [-0.2, -0.15) is 0 Å². The van der Waals surface area contributed by atoms with E-state index >= 15 is 0 Å². The lowest BCUT2D eigenvalue weighted by molar-refractivity contribution is 0.156. The first-order valence-corrected chi connectivity index (χ1v) is 9.85. The normalized spacial score (nSPS) is 28.7. The van der Waals surface area contributed by atoms with Crippen molar-refractivity contribution in [3.63, 3.8) is 0 Å². The maximum atomic E-state index is 5.51. The molecule has 3 atom stereocenters. The van der Waals surface area contributed by atoms with Crippen LogP contribution in [0.15, 0.2) is 36.4 Å². The Morgan fingerprint density at radius 2 is 2.00 bits per heavy atom. The minimum absolute atomic E-state index is 0.780. The van der Waals surface area contributed by atoms with Crippen molar-refractivity contribution in [1.82, 2.24) is 10.2 Å². The molecule has 0 bridgehead atoms. The molecular weight excluding hydrogens is 310 g/mol. The van der Waals surface area contributed by atoms with E-state index in [2.05, 4.69) is 45.5 Å². The number of benzene rings is 1. The molecule has 1 heterocycles. The Labute approximate surface area is 151 Å². The topological polar surface area (TPSA) is 27.7 Å². The predicted molar refractivity (Wildman–Crippen MR) is 103 cm³/mol. The molecule has 2 fully saturated rings. The molecule has 1 aliphatic heterocycles. The van der Waals surface area contributed by atoms with Gasteiger partial charge in [-0.05, 0) is 56.3 Å². The van der Waals surface area contributed by atoms with Crippen molar-refractivity contribution < 1.29 is 4.74 Å². The second kappa shape index (κ2) is 7.79. The van der Waals surface area contributed by atoms with Gasteiger partial charge in [0.1, 0.15) is 5.75 Å². The van der Waals surface area contributed by atoms with Crippen LogP contribution in [0.25, 0.3) is 0 Å². The molecule has 1 aromatic rings. The molecule has 1 aromatic carbocycles. The van der Waals surface area contributed by atoms with Crippen LogP contribution in [0.3, 0.4) is 0 Å². The number of para-hydroxylation sites is 2. The van der Waals surface area contributed by atoms with Gasteiger partial charge in [0.25, 0.3) is 0 Å². The van der Waals surface area contributed by atoms with E-state index in [0.717, 1.165) is 49.8 Å². The van der Waals surface area contributed by atoms with Crippen LogP contribution in [-0.4, -0.2) is 57.3 Å². The van der Waals surface area contributed by atoms with Crippen molar-refractivity contribution in [2.75, 3.05) is 51.3 Å². The molecule has 4 rings (SSSR count). The summed E-state index contributed by atoms with van der Waals surface area (Å²) in [6, 6.07) is 9.14. The first-order valence-electron chi connectivity index (χ1n) is 9.85. The highest BCUT2D eigenvalue weighted by Crippen LogP contribution is 2.42. The van der Waals surface area contributed by atoms with Crippen molar-refractivity contribution in [2.24, 2.45) is 11.8 Å². The van der Waals surface area contributed by atoms with Gasteiger partial charge in [0, 0.05) is 32.2 Å². The summed E-state index contributed by atoms with van der Waals surface area (Å²) in [5.74, 6) is 2.78. The molecule has 0 spiro atoms. The molecule has 0 aromatic heterocycles. The van der Waals surface area contributed by atoms with Crippen molar-refractivity contribution in [2.45, 2.75) is 25.3 Å². The fraction of sp³-hybridized carbons (Fsp3) is 0.619. The summed E-state index contributed by atoms with van der Waals surface area (Å²) < 4.78 is 5.51. The predicted octanol–water partition coefficient (Wildman–Crippen LogP) is 2.76. The number of hydrogen-bond donors (Lipinski definition) is 1. The number of piperazine rings is 1. The maximum Gasteiger partial charge on any atom is 0.142 e. The molecular formula is C21H31N3O. The Bertz CT molecular complexity index is 595. The van der Waals surface area contributed by atoms with E-state index in [4.69, 9.17) is 4.74 Å². The first-order chi connectivity index (χ1) is 12.3. The van der Waals surface area contributed by atoms with Crippen LogP contribution in [0.2, 0.25) is 0 Å². The zero-order valence-electron chi connectivity index (χ0n) is 15.4. The molecule has 136 valence electrons. The third-order valence-electron chi connectivity index (χ3n) is 6.24.